The number of ether oxygens (including phenoxy) is 1. The molecule has 2 heterocycles. The van der Waals surface area contributed by atoms with Gasteiger partial charge in [-0.2, -0.15) is 5.10 Å². The van der Waals surface area contributed by atoms with E-state index in [1.165, 1.54) is 0 Å². The molecule has 23 heavy (non-hydrogen) atoms. The quantitative estimate of drug-likeness (QED) is 0.786. The minimum atomic E-state index is -0.882. The zero-order valence-corrected chi connectivity index (χ0v) is 12.9. The lowest BCUT2D eigenvalue weighted by atomic mass is 10.0. The van der Waals surface area contributed by atoms with Crippen LogP contribution in [-0.2, 0) is 4.79 Å². The summed E-state index contributed by atoms with van der Waals surface area (Å²) in [5.41, 5.74) is 1.49. The third-order valence-corrected chi connectivity index (χ3v) is 3.77. The van der Waals surface area contributed by atoms with E-state index in [0.717, 1.165) is 17.3 Å². The van der Waals surface area contributed by atoms with Crippen LogP contribution in [0.1, 0.15) is 18.4 Å². The zero-order valence-electron chi connectivity index (χ0n) is 12.9. The Morgan fingerprint density at radius 1 is 1.22 bits per heavy atom. The molecule has 6 nitrogen and oxygen atoms in total. The first-order chi connectivity index (χ1) is 11.1. The molecule has 0 bridgehead atoms. The van der Waals surface area contributed by atoms with Crippen molar-refractivity contribution in [3.63, 3.8) is 0 Å². The molecule has 0 amide bonds. The molecule has 1 N–H and O–H groups in total. The topological polar surface area (TPSA) is 69.3 Å². The highest BCUT2D eigenvalue weighted by molar-refractivity contribution is 5.77. The summed E-state index contributed by atoms with van der Waals surface area (Å²) in [6.07, 6.45) is 5.35. The lowest BCUT2D eigenvalue weighted by Gasteiger charge is -2.13. The molecule has 3 rings (SSSR count). The molecule has 0 aliphatic rings. The van der Waals surface area contributed by atoms with E-state index >= 15 is 0 Å². The lowest BCUT2D eigenvalue weighted by molar-refractivity contribution is -0.138. The Balaban J connectivity index is 2.15. The number of aromatic nitrogens is 3. The highest BCUT2D eigenvalue weighted by atomic mass is 16.5. The van der Waals surface area contributed by atoms with Gasteiger partial charge in [-0.1, -0.05) is 0 Å². The number of carboxylic acid groups (broad SMARTS) is 1. The third-order valence-electron chi connectivity index (χ3n) is 3.77. The summed E-state index contributed by atoms with van der Waals surface area (Å²) in [6, 6.07) is 11.2. The van der Waals surface area contributed by atoms with E-state index in [9.17, 15) is 9.90 Å². The predicted octanol–water partition coefficient (Wildman–Crippen LogP) is 2.86. The SMILES string of the molecule is COc1ccc(-n2ncc(C(C)C(=O)O)c2-n2cccc2)cc1. The Kier molecular flexibility index (Phi) is 3.89. The van der Waals surface area contributed by atoms with Crippen LogP contribution < -0.4 is 4.74 Å². The van der Waals surface area contributed by atoms with Crippen LogP contribution in [-0.4, -0.2) is 32.5 Å². The van der Waals surface area contributed by atoms with Gasteiger partial charge in [0.2, 0.25) is 0 Å². The number of hydrogen-bond donors (Lipinski definition) is 1. The average molecular weight is 311 g/mol. The minimum Gasteiger partial charge on any atom is -0.497 e. The average Bonchev–Trinajstić information content (AvgIpc) is 3.23. The number of carboxylic acids is 1. The normalized spacial score (nSPS) is 12.1. The van der Waals surface area contributed by atoms with Gasteiger partial charge in [-0.25, -0.2) is 4.68 Å². The second-order valence-corrected chi connectivity index (χ2v) is 5.18. The largest absolute Gasteiger partial charge is 0.497 e. The van der Waals surface area contributed by atoms with Crippen LogP contribution in [0, 0.1) is 0 Å². The van der Waals surface area contributed by atoms with Crippen LogP contribution in [0.5, 0.6) is 5.75 Å². The fourth-order valence-electron chi connectivity index (χ4n) is 2.44. The number of carbonyl (C=O) groups is 1. The van der Waals surface area contributed by atoms with E-state index in [0.29, 0.717) is 5.56 Å². The first kappa shape index (κ1) is 14.9. The second-order valence-electron chi connectivity index (χ2n) is 5.18. The van der Waals surface area contributed by atoms with Gasteiger partial charge in [-0.15, -0.1) is 0 Å². The molecule has 0 saturated carbocycles. The molecular weight excluding hydrogens is 294 g/mol. The first-order valence-corrected chi connectivity index (χ1v) is 7.20. The molecule has 0 aliphatic heterocycles. The summed E-state index contributed by atoms with van der Waals surface area (Å²) in [5.74, 6) is -0.0651. The predicted molar refractivity (Wildman–Crippen MR) is 85.5 cm³/mol. The van der Waals surface area contributed by atoms with Crippen molar-refractivity contribution in [3.8, 4) is 17.3 Å². The molecule has 0 spiro atoms. The Morgan fingerprint density at radius 3 is 2.43 bits per heavy atom. The third kappa shape index (κ3) is 2.70. The van der Waals surface area contributed by atoms with Gasteiger partial charge in [0.25, 0.3) is 0 Å². The zero-order chi connectivity index (χ0) is 16.4. The summed E-state index contributed by atoms with van der Waals surface area (Å²) >= 11 is 0. The van der Waals surface area contributed by atoms with Crippen molar-refractivity contribution in [3.05, 3.63) is 60.6 Å². The molecule has 1 atom stereocenters. The van der Waals surface area contributed by atoms with Crippen LogP contribution in [0.4, 0.5) is 0 Å². The van der Waals surface area contributed by atoms with Crippen molar-refractivity contribution >= 4 is 5.97 Å². The maximum absolute atomic E-state index is 11.4. The summed E-state index contributed by atoms with van der Waals surface area (Å²) in [4.78, 5) is 11.4. The molecule has 6 heteroatoms. The lowest BCUT2D eigenvalue weighted by Crippen LogP contribution is -2.12. The fourth-order valence-corrected chi connectivity index (χ4v) is 2.44. The molecule has 2 aromatic heterocycles. The number of aliphatic carboxylic acids is 1. The van der Waals surface area contributed by atoms with E-state index in [2.05, 4.69) is 5.10 Å². The highest BCUT2D eigenvalue weighted by Gasteiger charge is 2.23. The fraction of sp³-hybridized carbons (Fsp3) is 0.176. The van der Waals surface area contributed by atoms with E-state index in [1.807, 2.05) is 53.4 Å². The van der Waals surface area contributed by atoms with Crippen LogP contribution in [0.15, 0.2) is 55.0 Å². The monoisotopic (exact) mass is 311 g/mol. The van der Waals surface area contributed by atoms with Gasteiger partial charge in [-0.05, 0) is 43.3 Å². The van der Waals surface area contributed by atoms with Crippen molar-refractivity contribution in [2.45, 2.75) is 12.8 Å². The molecule has 1 unspecified atom stereocenters. The van der Waals surface area contributed by atoms with Crippen molar-refractivity contribution in [2.24, 2.45) is 0 Å². The van der Waals surface area contributed by atoms with Crippen molar-refractivity contribution in [1.29, 1.82) is 0 Å². The Labute approximate surface area is 133 Å². The van der Waals surface area contributed by atoms with Gasteiger partial charge >= 0.3 is 5.97 Å². The van der Waals surface area contributed by atoms with Gasteiger partial charge in [0.1, 0.15) is 11.6 Å². The van der Waals surface area contributed by atoms with Crippen LogP contribution >= 0.6 is 0 Å². The highest BCUT2D eigenvalue weighted by Crippen LogP contribution is 2.27. The molecule has 118 valence electrons. The van der Waals surface area contributed by atoms with E-state index in [-0.39, 0.29) is 0 Å². The van der Waals surface area contributed by atoms with Gasteiger partial charge in [0.05, 0.1) is 24.9 Å². The van der Waals surface area contributed by atoms with Crippen LogP contribution in [0.3, 0.4) is 0 Å². The number of benzene rings is 1. The first-order valence-electron chi connectivity index (χ1n) is 7.20. The smallest absolute Gasteiger partial charge is 0.310 e. The molecule has 1 aromatic carbocycles. The van der Waals surface area contributed by atoms with Crippen molar-refractivity contribution < 1.29 is 14.6 Å². The standard InChI is InChI=1S/C17H17N3O3/c1-12(17(21)22)15-11-18-20(16(15)19-9-3-4-10-19)13-5-7-14(23-2)8-6-13/h3-12H,1-2H3,(H,21,22). The summed E-state index contributed by atoms with van der Waals surface area (Å²) in [5, 5.41) is 13.7. The molecule has 0 fully saturated rings. The maximum atomic E-state index is 11.4. The second kappa shape index (κ2) is 6.00. The van der Waals surface area contributed by atoms with E-state index < -0.39 is 11.9 Å². The van der Waals surface area contributed by atoms with E-state index in [4.69, 9.17) is 4.74 Å². The summed E-state index contributed by atoms with van der Waals surface area (Å²) < 4.78 is 8.77. The summed E-state index contributed by atoms with van der Waals surface area (Å²) in [7, 11) is 1.61. The number of methoxy groups -OCH3 is 1. The number of hydrogen-bond acceptors (Lipinski definition) is 3. The Morgan fingerprint density at radius 2 is 1.87 bits per heavy atom. The van der Waals surface area contributed by atoms with E-state index in [1.54, 1.807) is 24.9 Å². The molecular formula is C17H17N3O3. The van der Waals surface area contributed by atoms with Gasteiger partial charge in [-0.3, -0.25) is 4.79 Å². The molecule has 3 aromatic rings. The Bertz CT molecular complexity index is 804. The Hall–Kier alpha value is -3.02. The van der Waals surface area contributed by atoms with Crippen LogP contribution in [0.25, 0.3) is 11.5 Å². The summed E-state index contributed by atoms with van der Waals surface area (Å²) in [6.45, 7) is 1.66. The molecule has 0 saturated heterocycles. The van der Waals surface area contributed by atoms with Gasteiger partial charge < -0.3 is 14.4 Å². The number of rotatable bonds is 5. The number of nitrogens with zero attached hydrogens (tertiary/aromatic N) is 3. The van der Waals surface area contributed by atoms with Crippen molar-refractivity contribution in [1.82, 2.24) is 14.3 Å². The van der Waals surface area contributed by atoms with Crippen LogP contribution in [0.2, 0.25) is 0 Å². The molecule has 0 aliphatic carbocycles. The minimum absolute atomic E-state index is 0.653. The van der Waals surface area contributed by atoms with Crippen molar-refractivity contribution in [2.75, 3.05) is 7.11 Å². The van der Waals surface area contributed by atoms with Gasteiger partial charge in [0, 0.05) is 18.0 Å². The maximum Gasteiger partial charge on any atom is 0.310 e. The van der Waals surface area contributed by atoms with Gasteiger partial charge in [0.15, 0.2) is 0 Å². The molecule has 0 radical (unpaired) electrons.